The second-order valence-electron chi connectivity index (χ2n) is 5.95. The van der Waals surface area contributed by atoms with E-state index in [9.17, 15) is 4.79 Å². The van der Waals surface area contributed by atoms with Crippen LogP contribution in [0.3, 0.4) is 0 Å². The van der Waals surface area contributed by atoms with Crippen LogP contribution < -0.4 is 5.32 Å². The summed E-state index contributed by atoms with van der Waals surface area (Å²) in [5, 5.41) is 6.30. The molecule has 0 fully saturated rings. The number of thiazole rings is 1. The van der Waals surface area contributed by atoms with E-state index in [0.29, 0.717) is 10.9 Å². The van der Waals surface area contributed by atoms with Gasteiger partial charge >= 0.3 is 0 Å². The summed E-state index contributed by atoms with van der Waals surface area (Å²) in [7, 11) is 1.91. The standard InChI is InChI=1S/C18H20N4OS2/c1-11-7-13(3)14(8-12(11)2)15-9-24-17(20-15)21-16(23)10-25-18-19-5-6-22(18)4/h5-9H,10H2,1-4H3,(H,20,21,23). The van der Waals surface area contributed by atoms with Crippen LogP contribution in [0.5, 0.6) is 0 Å². The van der Waals surface area contributed by atoms with Crippen LogP contribution >= 0.6 is 23.1 Å². The Morgan fingerprint density at radius 1 is 1.24 bits per heavy atom. The van der Waals surface area contributed by atoms with E-state index in [0.717, 1.165) is 16.4 Å². The van der Waals surface area contributed by atoms with Crippen LogP contribution in [0.15, 0.2) is 35.1 Å². The average Bonchev–Trinajstić information content (AvgIpc) is 3.18. The number of carbonyl (C=O) groups excluding carboxylic acids is 1. The van der Waals surface area contributed by atoms with Gasteiger partial charge in [0.25, 0.3) is 0 Å². The van der Waals surface area contributed by atoms with Crippen LogP contribution in [0.4, 0.5) is 5.13 Å². The van der Waals surface area contributed by atoms with E-state index in [1.165, 1.54) is 39.8 Å². The highest BCUT2D eigenvalue weighted by atomic mass is 32.2. The van der Waals surface area contributed by atoms with Crippen LogP contribution in [0.1, 0.15) is 16.7 Å². The first-order valence-electron chi connectivity index (χ1n) is 7.88. The van der Waals surface area contributed by atoms with Gasteiger partial charge in [-0.3, -0.25) is 4.79 Å². The molecule has 0 bridgehead atoms. The molecule has 0 aliphatic heterocycles. The number of amides is 1. The molecule has 130 valence electrons. The zero-order chi connectivity index (χ0) is 18.0. The Kier molecular flexibility index (Phi) is 5.24. The second kappa shape index (κ2) is 7.41. The molecular weight excluding hydrogens is 352 g/mol. The van der Waals surface area contributed by atoms with Gasteiger partial charge in [0.05, 0.1) is 11.4 Å². The van der Waals surface area contributed by atoms with Gasteiger partial charge < -0.3 is 9.88 Å². The SMILES string of the molecule is Cc1cc(C)c(-c2csc(NC(=O)CSc3nccn3C)n2)cc1C. The molecule has 0 atom stereocenters. The third-order valence-electron chi connectivity index (χ3n) is 3.98. The van der Waals surface area contributed by atoms with Gasteiger partial charge in [-0.25, -0.2) is 9.97 Å². The van der Waals surface area contributed by atoms with Gasteiger partial charge in [0.15, 0.2) is 10.3 Å². The first-order chi connectivity index (χ1) is 11.9. The van der Waals surface area contributed by atoms with E-state index in [4.69, 9.17) is 0 Å². The summed E-state index contributed by atoms with van der Waals surface area (Å²) < 4.78 is 1.89. The molecule has 1 aromatic carbocycles. The molecule has 0 aliphatic carbocycles. The molecule has 1 N–H and O–H groups in total. The molecule has 5 nitrogen and oxygen atoms in total. The maximum Gasteiger partial charge on any atom is 0.236 e. The van der Waals surface area contributed by atoms with Crippen molar-refractivity contribution in [3.63, 3.8) is 0 Å². The lowest BCUT2D eigenvalue weighted by atomic mass is 9.99. The van der Waals surface area contributed by atoms with Crippen LogP contribution in [0.2, 0.25) is 0 Å². The van der Waals surface area contributed by atoms with E-state index in [2.05, 4.69) is 48.2 Å². The molecule has 1 amide bonds. The molecule has 2 aromatic heterocycles. The van der Waals surface area contributed by atoms with Crippen molar-refractivity contribution < 1.29 is 4.79 Å². The summed E-state index contributed by atoms with van der Waals surface area (Å²) in [5.74, 6) is 0.230. The van der Waals surface area contributed by atoms with E-state index in [-0.39, 0.29) is 5.91 Å². The molecule has 2 heterocycles. The first kappa shape index (κ1) is 17.7. The van der Waals surface area contributed by atoms with Crippen molar-refractivity contribution in [2.45, 2.75) is 25.9 Å². The van der Waals surface area contributed by atoms with E-state index in [1.807, 2.05) is 23.2 Å². The number of hydrogen-bond acceptors (Lipinski definition) is 5. The molecule has 0 radical (unpaired) electrons. The van der Waals surface area contributed by atoms with Crippen molar-refractivity contribution in [2.24, 2.45) is 7.05 Å². The summed E-state index contributed by atoms with van der Waals surface area (Å²) in [6.07, 6.45) is 3.58. The average molecular weight is 373 g/mol. The summed E-state index contributed by atoms with van der Waals surface area (Å²) >= 11 is 2.85. The lowest BCUT2D eigenvalue weighted by molar-refractivity contribution is -0.113. The number of aryl methyl sites for hydroxylation is 4. The lowest BCUT2D eigenvalue weighted by Crippen LogP contribution is -2.14. The fourth-order valence-electron chi connectivity index (χ4n) is 2.47. The fraction of sp³-hybridized carbons (Fsp3) is 0.278. The number of thioether (sulfide) groups is 1. The van der Waals surface area contributed by atoms with E-state index < -0.39 is 0 Å². The highest BCUT2D eigenvalue weighted by Gasteiger charge is 2.12. The Labute approximate surface area is 155 Å². The molecule has 25 heavy (non-hydrogen) atoms. The second-order valence-corrected chi connectivity index (χ2v) is 7.75. The van der Waals surface area contributed by atoms with Crippen molar-refractivity contribution in [2.75, 3.05) is 11.1 Å². The Bertz CT molecular complexity index is 914. The number of nitrogens with one attached hydrogen (secondary N) is 1. The summed E-state index contributed by atoms with van der Waals surface area (Å²) in [6, 6.07) is 4.33. The monoisotopic (exact) mass is 372 g/mol. The molecule has 3 aromatic rings. The van der Waals surface area contributed by atoms with Crippen molar-refractivity contribution >= 4 is 34.1 Å². The molecular formula is C18H20N4OS2. The van der Waals surface area contributed by atoms with Gasteiger partial charge in [0.1, 0.15) is 0 Å². The topological polar surface area (TPSA) is 59.8 Å². The third-order valence-corrected chi connectivity index (χ3v) is 5.79. The summed E-state index contributed by atoms with van der Waals surface area (Å²) in [5.41, 5.74) is 5.72. The minimum absolute atomic E-state index is 0.0780. The maximum atomic E-state index is 12.1. The number of anilines is 1. The van der Waals surface area contributed by atoms with Crippen molar-refractivity contribution in [1.82, 2.24) is 14.5 Å². The van der Waals surface area contributed by atoms with E-state index in [1.54, 1.807) is 6.20 Å². The van der Waals surface area contributed by atoms with Gasteiger partial charge in [0.2, 0.25) is 5.91 Å². The zero-order valence-corrected chi connectivity index (χ0v) is 16.3. The number of imidazole rings is 1. The molecule has 0 saturated carbocycles. The number of carbonyl (C=O) groups is 1. The Morgan fingerprint density at radius 2 is 2.00 bits per heavy atom. The minimum atomic E-state index is -0.0780. The summed E-state index contributed by atoms with van der Waals surface area (Å²) in [4.78, 5) is 20.9. The van der Waals surface area contributed by atoms with Crippen molar-refractivity contribution in [1.29, 1.82) is 0 Å². The fourth-order valence-corrected chi connectivity index (χ4v) is 3.93. The van der Waals surface area contributed by atoms with Crippen molar-refractivity contribution in [3.05, 3.63) is 46.6 Å². The molecule has 3 rings (SSSR count). The van der Waals surface area contributed by atoms with Gasteiger partial charge in [-0.15, -0.1) is 11.3 Å². The van der Waals surface area contributed by atoms with Crippen LogP contribution in [0.25, 0.3) is 11.3 Å². The quantitative estimate of drug-likeness (QED) is 0.682. The number of benzene rings is 1. The predicted octanol–water partition coefficient (Wildman–Crippen LogP) is 4.20. The molecule has 0 unspecified atom stereocenters. The smallest absolute Gasteiger partial charge is 0.236 e. The molecule has 0 aliphatic rings. The third kappa shape index (κ3) is 4.11. The highest BCUT2D eigenvalue weighted by molar-refractivity contribution is 7.99. The largest absolute Gasteiger partial charge is 0.329 e. The van der Waals surface area contributed by atoms with Crippen LogP contribution in [-0.2, 0) is 11.8 Å². The molecule has 0 saturated heterocycles. The van der Waals surface area contributed by atoms with E-state index >= 15 is 0 Å². The maximum absolute atomic E-state index is 12.1. The Morgan fingerprint density at radius 3 is 2.72 bits per heavy atom. The first-order valence-corrected chi connectivity index (χ1v) is 9.74. The van der Waals surface area contributed by atoms with Gasteiger partial charge in [-0.1, -0.05) is 17.8 Å². The zero-order valence-electron chi connectivity index (χ0n) is 14.7. The molecule has 7 heteroatoms. The Hall–Kier alpha value is -2.12. The van der Waals surface area contributed by atoms with Gasteiger partial charge in [0, 0.05) is 30.4 Å². The number of rotatable bonds is 5. The van der Waals surface area contributed by atoms with Gasteiger partial charge in [-0.2, -0.15) is 0 Å². The van der Waals surface area contributed by atoms with Crippen molar-refractivity contribution in [3.8, 4) is 11.3 Å². The number of aromatic nitrogens is 3. The predicted molar refractivity (Wildman–Crippen MR) is 104 cm³/mol. The highest BCUT2D eigenvalue weighted by Crippen LogP contribution is 2.29. The van der Waals surface area contributed by atoms with Crippen LogP contribution in [0, 0.1) is 20.8 Å². The summed E-state index contributed by atoms with van der Waals surface area (Å²) in [6.45, 7) is 6.29. The number of hydrogen-bond donors (Lipinski definition) is 1. The normalized spacial score (nSPS) is 10.9. The Balaban J connectivity index is 1.66. The van der Waals surface area contributed by atoms with Gasteiger partial charge in [-0.05, 0) is 43.5 Å². The lowest BCUT2D eigenvalue weighted by Gasteiger charge is -2.07. The van der Waals surface area contributed by atoms with Crippen LogP contribution in [-0.4, -0.2) is 26.2 Å². The molecule has 0 spiro atoms. The minimum Gasteiger partial charge on any atom is -0.329 e. The number of nitrogens with zero attached hydrogens (tertiary/aromatic N) is 3.